The quantitative estimate of drug-likeness (QED) is 0.279. The average molecular weight is 397 g/mol. The van der Waals surface area contributed by atoms with Gasteiger partial charge >= 0.3 is 0 Å². The number of methoxy groups -OCH3 is 1. The zero-order valence-electron chi connectivity index (χ0n) is 16.0. The summed E-state index contributed by atoms with van der Waals surface area (Å²) in [5, 5.41) is 3.81. The minimum absolute atomic E-state index is 0.255. The van der Waals surface area contributed by atoms with Crippen LogP contribution in [0.15, 0.2) is 65.8 Å². The molecule has 2 aromatic rings. The highest BCUT2D eigenvalue weighted by Crippen LogP contribution is 2.29. The third-order valence-corrected chi connectivity index (χ3v) is 4.68. The van der Waals surface area contributed by atoms with Gasteiger partial charge in [-0.15, -0.1) is 0 Å². The number of hydrogen-bond acceptors (Lipinski definition) is 6. The fraction of sp³-hybridized carbons (Fsp3) is 0.381. The average Bonchev–Trinajstić information content (AvgIpc) is 2.78. The van der Waals surface area contributed by atoms with Crippen LogP contribution in [-0.4, -0.2) is 44.0 Å². The number of rotatable bonds is 9. The van der Waals surface area contributed by atoms with Gasteiger partial charge in [-0.05, 0) is 16.7 Å². The maximum Gasteiger partial charge on any atom is 0.169 e. The summed E-state index contributed by atoms with van der Waals surface area (Å²) in [5.74, 6) is 0. The minimum atomic E-state index is -0.922. The van der Waals surface area contributed by atoms with Crippen LogP contribution < -0.4 is 0 Å². The minimum Gasteiger partial charge on any atom is -0.370 e. The predicted molar refractivity (Wildman–Crippen MR) is 105 cm³/mol. The molecule has 3 rings (SSSR count). The number of nitrogens with zero attached hydrogens (tertiary/aromatic N) is 3. The smallest absolute Gasteiger partial charge is 0.169 e. The van der Waals surface area contributed by atoms with Gasteiger partial charge < -0.3 is 23.7 Å². The Labute approximate surface area is 169 Å². The molecule has 0 aromatic heterocycles. The Hall–Kier alpha value is -2.74. The molecule has 1 aliphatic rings. The zero-order chi connectivity index (χ0) is 20.5. The van der Waals surface area contributed by atoms with Crippen molar-refractivity contribution in [2.24, 2.45) is 5.11 Å². The molecular weight excluding hydrogens is 374 g/mol. The van der Waals surface area contributed by atoms with Crippen LogP contribution in [0.5, 0.6) is 0 Å². The highest BCUT2D eigenvalue weighted by Gasteiger charge is 2.47. The van der Waals surface area contributed by atoms with Gasteiger partial charge in [-0.2, -0.15) is 0 Å². The van der Waals surface area contributed by atoms with E-state index in [1.165, 1.54) is 7.11 Å². The summed E-state index contributed by atoms with van der Waals surface area (Å²) in [5.41, 5.74) is 10.9. The molecule has 5 atom stereocenters. The lowest BCUT2D eigenvalue weighted by Crippen LogP contribution is -2.59. The van der Waals surface area contributed by atoms with E-state index >= 15 is 0 Å². The van der Waals surface area contributed by atoms with Gasteiger partial charge in [0.25, 0.3) is 0 Å². The highest BCUT2D eigenvalue weighted by molar-refractivity contribution is 5.58. The Bertz CT molecular complexity index is 814. The second kappa shape index (κ2) is 10.7. The van der Waals surface area contributed by atoms with Crippen LogP contribution in [0.1, 0.15) is 11.1 Å². The lowest BCUT2D eigenvalue weighted by atomic mass is 9.97. The van der Waals surface area contributed by atoms with Gasteiger partial charge in [0.15, 0.2) is 12.6 Å². The maximum absolute atomic E-state index is 11.7. The van der Waals surface area contributed by atoms with E-state index in [9.17, 15) is 4.79 Å². The standard InChI is InChI=1S/C21H23N3O5/c1-26-21-18(23-24-22)20(28-14-16-10-6-3-7-11-16)19(17(12-25)29-21)27-13-15-8-4-2-5-9-15/h2-12,17-21H,13-14H2,1H3/t17-,18-,19-,20-,21+/m1/s1. The first-order valence-electron chi connectivity index (χ1n) is 9.25. The monoisotopic (exact) mass is 397 g/mol. The normalized spacial score (nSPS) is 26.4. The molecule has 0 spiro atoms. The molecule has 1 heterocycles. The van der Waals surface area contributed by atoms with Gasteiger partial charge in [0.05, 0.1) is 13.2 Å². The first-order chi connectivity index (χ1) is 14.3. The van der Waals surface area contributed by atoms with Crippen molar-refractivity contribution >= 4 is 6.29 Å². The molecule has 0 amide bonds. The fourth-order valence-corrected chi connectivity index (χ4v) is 3.25. The number of carbonyl (C=O) groups excluding carboxylic acids is 1. The summed E-state index contributed by atoms with van der Waals surface area (Å²) < 4.78 is 23.1. The van der Waals surface area contributed by atoms with Crippen molar-refractivity contribution in [3.63, 3.8) is 0 Å². The molecule has 2 aromatic carbocycles. The summed E-state index contributed by atoms with van der Waals surface area (Å²) in [6, 6.07) is 18.3. The van der Waals surface area contributed by atoms with E-state index in [4.69, 9.17) is 24.5 Å². The predicted octanol–water partition coefficient (Wildman–Crippen LogP) is 3.41. The van der Waals surface area contributed by atoms with Gasteiger partial charge in [-0.3, -0.25) is 0 Å². The molecule has 8 heteroatoms. The van der Waals surface area contributed by atoms with Crippen LogP contribution in [0.3, 0.4) is 0 Å². The van der Waals surface area contributed by atoms with E-state index < -0.39 is 30.6 Å². The third-order valence-electron chi connectivity index (χ3n) is 4.68. The molecule has 0 saturated carbocycles. The molecular formula is C21H23N3O5. The molecule has 8 nitrogen and oxygen atoms in total. The highest BCUT2D eigenvalue weighted by atomic mass is 16.7. The summed E-state index contributed by atoms with van der Waals surface area (Å²) in [7, 11) is 1.42. The van der Waals surface area contributed by atoms with Gasteiger partial charge in [-0.1, -0.05) is 65.8 Å². The van der Waals surface area contributed by atoms with Crippen molar-refractivity contribution in [1.82, 2.24) is 0 Å². The third kappa shape index (κ3) is 5.41. The number of carbonyl (C=O) groups is 1. The Kier molecular flexibility index (Phi) is 7.75. The number of hydrogen-bond donors (Lipinski definition) is 0. The molecule has 29 heavy (non-hydrogen) atoms. The van der Waals surface area contributed by atoms with Crippen molar-refractivity contribution in [2.45, 2.75) is 43.9 Å². The number of ether oxygens (including phenoxy) is 4. The summed E-state index contributed by atoms with van der Waals surface area (Å²) in [6.45, 7) is 0.515. The van der Waals surface area contributed by atoms with Crippen LogP contribution in [0.25, 0.3) is 10.4 Å². The molecule has 0 N–H and O–H groups in total. The van der Waals surface area contributed by atoms with Crippen LogP contribution in [0.4, 0.5) is 0 Å². The topological polar surface area (TPSA) is 103 Å². The Morgan fingerprint density at radius 3 is 2.03 bits per heavy atom. The molecule has 1 saturated heterocycles. The van der Waals surface area contributed by atoms with Gasteiger partial charge in [0, 0.05) is 12.0 Å². The zero-order valence-corrected chi connectivity index (χ0v) is 16.0. The van der Waals surface area contributed by atoms with Crippen molar-refractivity contribution in [3.8, 4) is 0 Å². The first kappa shape index (κ1) is 21.0. The van der Waals surface area contributed by atoms with Crippen LogP contribution in [-0.2, 0) is 37.0 Å². The Morgan fingerprint density at radius 2 is 1.55 bits per heavy atom. The van der Waals surface area contributed by atoms with Crippen molar-refractivity contribution in [1.29, 1.82) is 0 Å². The first-order valence-corrected chi connectivity index (χ1v) is 9.25. The van der Waals surface area contributed by atoms with E-state index in [1.807, 2.05) is 60.7 Å². The summed E-state index contributed by atoms with van der Waals surface area (Å²) in [4.78, 5) is 14.6. The number of azide groups is 1. The fourth-order valence-electron chi connectivity index (χ4n) is 3.25. The van der Waals surface area contributed by atoms with Crippen LogP contribution in [0.2, 0.25) is 0 Å². The Morgan fingerprint density at radius 1 is 1.00 bits per heavy atom. The van der Waals surface area contributed by atoms with Gasteiger partial charge in [-0.25, -0.2) is 0 Å². The maximum atomic E-state index is 11.7. The van der Waals surface area contributed by atoms with E-state index in [-0.39, 0.29) is 13.2 Å². The number of aldehydes is 1. The van der Waals surface area contributed by atoms with Crippen molar-refractivity contribution in [2.75, 3.05) is 7.11 Å². The second-order valence-electron chi connectivity index (χ2n) is 6.56. The molecule has 152 valence electrons. The molecule has 1 aliphatic heterocycles. The molecule has 0 bridgehead atoms. The van der Waals surface area contributed by atoms with E-state index in [1.54, 1.807) is 0 Å². The largest absolute Gasteiger partial charge is 0.370 e. The van der Waals surface area contributed by atoms with Gasteiger partial charge in [0.2, 0.25) is 0 Å². The molecule has 0 radical (unpaired) electrons. The van der Waals surface area contributed by atoms with Gasteiger partial charge in [0.1, 0.15) is 24.4 Å². The SMILES string of the molecule is CO[C@H]1O[C@H](C=O)[C@@H](OCc2ccccc2)[C@H](OCc2ccccc2)[C@H]1N=[N+]=[N-]. The molecule has 0 aliphatic carbocycles. The Balaban J connectivity index is 1.83. The van der Waals surface area contributed by atoms with E-state index in [0.717, 1.165) is 11.1 Å². The van der Waals surface area contributed by atoms with Crippen LogP contribution in [0, 0.1) is 0 Å². The number of benzene rings is 2. The lowest BCUT2D eigenvalue weighted by Gasteiger charge is -2.42. The van der Waals surface area contributed by atoms with Crippen molar-refractivity contribution < 1.29 is 23.7 Å². The van der Waals surface area contributed by atoms with E-state index in [0.29, 0.717) is 6.29 Å². The van der Waals surface area contributed by atoms with Crippen LogP contribution >= 0.6 is 0 Å². The molecule has 0 unspecified atom stereocenters. The van der Waals surface area contributed by atoms with E-state index in [2.05, 4.69) is 10.0 Å². The summed E-state index contributed by atoms with van der Waals surface area (Å²) in [6.07, 6.45) is -2.68. The van der Waals surface area contributed by atoms with Crippen molar-refractivity contribution in [3.05, 3.63) is 82.2 Å². The summed E-state index contributed by atoms with van der Waals surface area (Å²) >= 11 is 0. The molecule has 1 fully saturated rings. The lowest BCUT2D eigenvalue weighted by molar-refractivity contribution is -0.262. The second-order valence-corrected chi connectivity index (χ2v) is 6.56.